The topological polar surface area (TPSA) is 79.4 Å². The highest BCUT2D eigenvalue weighted by Gasteiger charge is 2.29. The number of nitrogens with zero attached hydrogens (tertiary/aromatic N) is 3. The molecule has 0 N–H and O–H groups in total. The summed E-state index contributed by atoms with van der Waals surface area (Å²) in [5, 5.41) is 8.90. The van der Waals surface area contributed by atoms with E-state index in [0.29, 0.717) is 35.6 Å². The normalized spacial score (nSPS) is 15.1. The minimum Gasteiger partial charge on any atom is -0.444 e. The van der Waals surface area contributed by atoms with E-state index < -0.39 is 11.4 Å². The van der Waals surface area contributed by atoms with E-state index in [1.165, 1.54) is 12.1 Å². The molecule has 0 saturated carbocycles. The van der Waals surface area contributed by atoms with Crippen LogP contribution in [0.25, 0.3) is 22.2 Å². The molecule has 7 heteroatoms. The third-order valence-corrected chi connectivity index (χ3v) is 5.32. The zero-order chi connectivity index (χ0) is 22.2. The Labute approximate surface area is 180 Å². The van der Waals surface area contributed by atoms with E-state index in [-0.39, 0.29) is 17.6 Å². The number of hydrogen-bond acceptors (Lipinski definition) is 5. The van der Waals surface area contributed by atoms with Crippen LogP contribution in [0.1, 0.15) is 51.0 Å². The Morgan fingerprint density at radius 2 is 1.87 bits per heavy atom. The summed E-state index contributed by atoms with van der Waals surface area (Å²) in [5.74, 6) is 0.238. The van der Waals surface area contributed by atoms with Gasteiger partial charge in [-0.05, 0) is 69.0 Å². The highest BCUT2D eigenvalue weighted by atomic mass is 19.1. The molecule has 1 aliphatic heterocycles. The number of rotatable bonds is 2. The van der Waals surface area contributed by atoms with Crippen molar-refractivity contribution in [3.8, 4) is 17.2 Å². The first-order valence-corrected chi connectivity index (χ1v) is 10.3. The van der Waals surface area contributed by atoms with Gasteiger partial charge in [0.25, 0.3) is 0 Å². The van der Waals surface area contributed by atoms with Crippen LogP contribution in [0.3, 0.4) is 0 Å². The molecule has 2 aromatic carbocycles. The lowest BCUT2D eigenvalue weighted by Crippen LogP contribution is -2.41. The Hall–Kier alpha value is -3.40. The predicted molar refractivity (Wildman–Crippen MR) is 114 cm³/mol. The molecular formula is C24H24FN3O3. The van der Waals surface area contributed by atoms with Crippen LogP contribution in [0.5, 0.6) is 0 Å². The number of benzene rings is 2. The Kier molecular flexibility index (Phi) is 5.40. The maximum Gasteiger partial charge on any atom is 0.410 e. The Balaban J connectivity index is 1.49. The molecule has 2 heterocycles. The van der Waals surface area contributed by atoms with Crippen molar-refractivity contribution < 1.29 is 18.3 Å². The summed E-state index contributed by atoms with van der Waals surface area (Å²) < 4.78 is 25.4. The molecule has 0 radical (unpaired) electrons. The lowest BCUT2D eigenvalue weighted by Gasteiger charge is -2.32. The fraction of sp³-hybridized carbons (Fsp3) is 0.375. The fourth-order valence-corrected chi connectivity index (χ4v) is 3.72. The number of likely N-dealkylation sites (tertiary alicyclic amines) is 1. The molecule has 1 saturated heterocycles. The van der Waals surface area contributed by atoms with Crippen LogP contribution in [-0.4, -0.2) is 34.7 Å². The zero-order valence-corrected chi connectivity index (χ0v) is 17.8. The maximum absolute atomic E-state index is 14.0. The van der Waals surface area contributed by atoms with Crippen molar-refractivity contribution in [1.29, 1.82) is 5.26 Å². The highest BCUT2D eigenvalue weighted by molar-refractivity contribution is 5.80. The number of carbonyl (C=O) groups excluding carboxylic acids is 1. The largest absolute Gasteiger partial charge is 0.444 e. The number of aromatic nitrogens is 1. The van der Waals surface area contributed by atoms with Gasteiger partial charge in [0.05, 0.1) is 5.56 Å². The summed E-state index contributed by atoms with van der Waals surface area (Å²) in [6.45, 7) is 6.76. The molecule has 1 aromatic heterocycles. The minimum atomic E-state index is -0.544. The van der Waals surface area contributed by atoms with Gasteiger partial charge in [0.15, 0.2) is 11.5 Å². The molecule has 3 aromatic rings. The molecule has 0 spiro atoms. The van der Waals surface area contributed by atoms with Crippen LogP contribution in [0.4, 0.5) is 9.18 Å². The number of amides is 1. The van der Waals surface area contributed by atoms with E-state index in [1.807, 2.05) is 45.0 Å². The molecule has 0 aliphatic carbocycles. The van der Waals surface area contributed by atoms with Gasteiger partial charge in [0, 0.05) is 19.0 Å². The van der Waals surface area contributed by atoms with Crippen molar-refractivity contribution in [2.45, 2.75) is 45.1 Å². The standard InChI is InChI=1S/C24H24FN3O3/c1-24(2,3)31-23(29)28-10-8-15(9-11-28)22-27-20-13-17(6-7-21(20)30-22)16-4-5-18(14-26)19(25)12-16/h4-7,12-13,15H,8-11H2,1-3H3. The Bertz CT molecular complexity index is 1170. The zero-order valence-electron chi connectivity index (χ0n) is 17.8. The van der Waals surface area contributed by atoms with Gasteiger partial charge < -0.3 is 14.1 Å². The van der Waals surface area contributed by atoms with E-state index in [1.54, 1.807) is 11.0 Å². The first-order valence-electron chi connectivity index (χ1n) is 10.3. The molecule has 160 valence electrons. The summed E-state index contributed by atoms with van der Waals surface area (Å²) in [5.41, 5.74) is 2.36. The first kappa shape index (κ1) is 20.9. The van der Waals surface area contributed by atoms with E-state index in [0.717, 1.165) is 18.4 Å². The summed E-state index contributed by atoms with van der Waals surface area (Å²) in [6.07, 6.45) is 1.21. The number of fused-ring (bicyclic) bond motifs is 1. The molecule has 0 atom stereocenters. The summed E-state index contributed by atoms with van der Waals surface area (Å²) in [7, 11) is 0. The van der Waals surface area contributed by atoms with Gasteiger partial charge >= 0.3 is 6.09 Å². The van der Waals surface area contributed by atoms with E-state index in [2.05, 4.69) is 4.98 Å². The van der Waals surface area contributed by atoms with E-state index >= 15 is 0 Å². The number of nitriles is 1. The summed E-state index contributed by atoms with van der Waals surface area (Å²) >= 11 is 0. The highest BCUT2D eigenvalue weighted by Crippen LogP contribution is 2.32. The predicted octanol–water partition coefficient (Wildman–Crippen LogP) is 5.62. The average molecular weight is 421 g/mol. The second kappa shape index (κ2) is 8.03. The van der Waals surface area contributed by atoms with E-state index in [9.17, 15) is 9.18 Å². The van der Waals surface area contributed by atoms with E-state index in [4.69, 9.17) is 14.4 Å². The van der Waals surface area contributed by atoms with Gasteiger partial charge in [0.2, 0.25) is 0 Å². The van der Waals surface area contributed by atoms with Crippen LogP contribution in [0, 0.1) is 17.1 Å². The van der Waals surface area contributed by atoms with Gasteiger partial charge in [-0.15, -0.1) is 0 Å². The molecule has 4 rings (SSSR count). The number of hydrogen-bond donors (Lipinski definition) is 0. The van der Waals surface area contributed by atoms with Crippen molar-refractivity contribution in [3.05, 3.63) is 53.7 Å². The second-order valence-corrected chi connectivity index (χ2v) is 8.78. The van der Waals surface area contributed by atoms with Crippen molar-refractivity contribution >= 4 is 17.2 Å². The third-order valence-electron chi connectivity index (χ3n) is 5.32. The minimum absolute atomic E-state index is 0.0197. The number of carbonyl (C=O) groups is 1. The SMILES string of the molecule is CC(C)(C)OC(=O)N1CCC(c2nc3cc(-c4ccc(C#N)c(F)c4)ccc3o2)CC1. The summed E-state index contributed by atoms with van der Waals surface area (Å²) in [6, 6.07) is 11.9. The number of halogens is 1. The van der Waals surface area contributed by atoms with Crippen molar-refractivity contribution in [3.63, 3.8) is 0 Å². The molecule has 0 unspecified atom stereocenters. The average Bonchev–Trinajstić information content (AvgIpc) is 3.16. The lowest BCUT2D eigenvalue weighted by molar-refractivity contribution is 0.0199. The van der Waals surface area contributed by atoms with Crippen LogP contribution in [0.2, 0.25) is 0 Å². The Morgan fingerprint density at radius 1 is 1.19 bits per heavy atom. The van der Waals surface area contributed by atoms with Crippen LogP contribution >= 0.6 is 0 Å². The monoisotopic (exact) mass is 421 g/mol. The quantitative estimate of drug-likeness (QED) is 0.536. The number of ether oxygens (including phenoxy) is 1. The van der Waals surface area contributed by atoms with Crippen LogP contribution < -0.4 is 0 Å². The van der Waals surface area contributed by atoms with Crippen molar-refractivity contribution in [1.82, 2.24) is 9.88 Å². The van der Waals surface area contributed by atoms with Gasteiger partial charge in [-0.3, -0.25) is 0 Å². The van der Waals surface area contributed by atoms with Gasteiger partial charge in [-0.1, -0.05) is 12.1 Å². The smallest absolute Gasteiger partial charge is 0.410 e. The Morgan fingerprint density at radius 3 is 2.52 bits per heavy atom. The maximum atomic E-state index is 14.0. The van der Waals surface area contributed by atoms with Crippen molar-refractivity contribution in [2.24, 2.45) is 0 Å². The van der Waals surface area contributed by atoms with Crippen LogP contribution in [-0.2, 0) is 4.74 Å². The molecular weight excluding hydrogens is 397 g/mol. The van der Waals surface area contributed by atoms with Crippen LogP contribution in [0.15, 0.2) is 40.8 Å². The fourth-order valence-electron chi connectivity index (χ4n) is 3.72. The second-order valence-electron chi connectivity index (χ2n) is 8.78. The molecule has 1 aliphatic rings. The number of oxazole rings is 1. The third kappa shape index (κ3) is 4.53. The first-order chi connectivity index (χ1) is 14.7. The van der Waals surface area contributed by atoms with Gasteiger partial charge in [0.1, 0.15) is 23.0 Å². The van der Waals surface area contributed by atoms with Gasteiger partial charge in [-0.25, -0.2) is 14.2 Å². The molecule has 1 fully saturated rings. The molecule has 1 amide bonds. The van der Waals surface area contributed by atoms with Crippen molar-refractivity contribution in [2.75, 3.05) is 13.1 Å². The molecule has 31 heavy (non-hydrogen) atoms. The molecule has 6 nitrogen and oxygen atoms in total. The summed E-state index contributed by atoms with van der Waals surface area (Å²) in [4.78, 5) is 18.6. The van der Waals surface area contributed by atoms with Gasteiger partial charge in [-0.2, -0.15) is 5.26 Å². The molecule has 0 bridgehead atoms. The lowest BCUT2D eigenvalue weighted by atomic mass is 9.97. The number of piperidine rings is 1.